The fourth-order valence-electron chi connectivity index (χ4n) is 3.04. The lowest BCUT2D eigenvalue weighted by atomic mass is 10.1. The number of hydrogen-bond acceptors (Lipinski definition) is 7. The lowest BCUT2D eigenvalue weighted by Crippen LogP contribution is -2.59. The lowest BCUT2D eigenvalue weighted by Gasteiger charge is -2.39. The average Bonchev–Trinajstić information content (AvgIpc) is 3.05. The molecule has 1 fully saturated rings. The van der Waals surface area contributed by atoms with Crippen LogP contribution in [0.15, 0.2) is 35.3 Å². The van der Waals surface area contributed by atoms with Crippen LogP contribution in [0.25, 0.3) is 0 Å². The van der Waals surface area contributed by atoms with Crippen LogP contribution >= 0.6 is 0 Å². The Kier molecular flexibility index (Phi) is 5.53. The van der Waals surface area contributed by atoms with Crippen LogP contribution in [0, 0.1) is 0 Å². The van der Waals surface area contributed by atoms with Crippen molar-refractivity contribution >= 4 is 18.1 Å². The molecule has 0 aromatic heterocycles. The van der Waals surface area contributed by atoms with E-state index >= 15 is 0 Å². The molecule has 0 aliphatic carbocycles. The van der Waals surface area contributed by atoms with Crippen molar-refractivity contribution in [3.05, 3.63) is 35.9 Å². The number of carbonyl (C=O) groups is 2. The highest BCUT2D eigenvalue weighted by molar-refractivity contribution is 5.85. The first-order valence-corrected chi connectivity index (χ1v) is 8.92. The van der Waals surface area contributed by atoms with Gasteiger partial charge in [0.05, 0.1) is 19.2 Å². The number of ether oxygens (including phenoxy) is 3. The van der Waals surface area contributed by atoms with Gasteiger partial charge in [0.2, 0.25) is 0 Å². The van der Waals surface area contributed by atoms with Crippen LogP contribution in [0.1, 0.15) is 19.4 Å². The average molecular weight is 375 g/mol. The smallest absolute Gasteiger partial charge is 0.410 e. The molecule has 0 spiro atoms. The maximum Gasteiger partial charge on any atom is 0.410 e. The number of amidine groups is 1. The minimum atomic E-state index is -0.680. The van der Waals surface area contributed by atoms with Crippen molar-refractivity contribution in [2.45, 2.75) is 32.0 Å². The first kappa shape index (κ1) is 19.0. The van der Waals surface area contributed by atoms with E-state index in [2.05, 4.69) is 4.99 Å². The zero-order chi connectivity index (χ0) is 19.4. The van der Waals surface area contributed by atoms with E-state index in [9.17, 15) is 9.59 Å². The Morgan fingerprint density at radius 1 is 1.26 bits per heavy atom. The number of piperazine rings is 1. The van der Waals surface area contributed by atoms with Crippen molar-refractivity contribution in [1.29, 1.82) is 0 Å². The number of benzene rings is 1. The Morgan fingerprint density at radius 2 is 2.00 bits per heavy atom. The minimum Gasteiger partial charge on any atom is -0.467 e. The Morgan fingerprint density at radius 3 is 2.63 bits per heavy atom. The molecule has 146 valence electrons. The van der Waals surface area contributed by atoms with Crippen molar-refractivity contribution in [3.8, 4) is 0 Å². The van der Waals surface area contributed by atoms with Crippen molar-refractivity contribution in [2.24, 2.45) is 4.99 Å². The zero-order valence-electron chi connectivity index (χ0n) is 15.9. The van der Waals surface area contributed by atoms with E-state index in [1.165, 1.54) is 12.0 Å². The number of methoxy groups -OCH3 is 1. The molecule has 8 nitrogen and oxygen atoms in total. The molecule has 2 heterocycles. The van der Waals surface area contributed by atoms with Gasteiger partial charge < -0.3 is 24.0 Å². The van der Waals surface area contributed by atoms with Crippen LogP contribution in [0.5, 0.6) is 0 Å². The van der Waals surface area contributed by atoms with Gasteiger partial charge in [-0.1, -0.05) is 30.3 Å². The fraction of sp³-hybridized carbons (Fsp3) is 0.526. The molecule has 2 aliphatic rings. The number of esters is 1. The topological polar surface area (TPSA) is 80.7 Å². The number of nitrogens with zero attached hydrogens (tertiary/aromatic N) is 3. The summed E-state index contributed by atoms with van der Waals surface area (Å²) >= 11 is 0. The maximum absolute atomic E-state index is 12.4. The summed E-state index contributed by atoms with van der Waals surface area (Å²) in [6.45, 7) is 5.54. The molecule has 3 rings (SSSR count). The molecule has 0 saturated carbocycles. The van der Waals surface area contributed by atoms with Crippen LogP contribution < -0.4 is 0 Å². The summed E-state index contributed by atoms with van der Waals surface area (Å²) in [5, 5.41) is 0. The lowest BCUT2D eigenvalue weighted by molar-refractivity contribution is -0.147. The van der Waals surface area contributed by atoms with E-state index < -0.39 is 18.1 Å². The van der Waals surface area contributed by atoms with Crippen molar-refractivity contribution in [3.63, 3.8) is 0 Å². The van der Waals surface area contributed by atoms with Gasteiger partial charge in [-0.25, -0.2) is 14.6 Å². The van der Waals surface area contributed by atoms with Gasteiger partial charge in [-0.05, 0) is 19.4 Å². The molecule has 1 aromatic rings. The summed E-state index contributed by atoms with van der Waals surface area (Å²) in [5.41, 5.74) is 0.576. The van der Waals surface area contributed by atoms with Gasteiger partial charge in [0.25, 0.3) is 6.02 Å². The van der Waals surface area contributed by atoms with E-state index in [0.717, 1.165) is 5.56 Å². The fourth-order valence-corrected chi connectivity index (χ4v) is 3.04. The molecule has 27 heavy (non-hydrogen) atoms. The highest BCUT2D eigenvalue weighted by Crippen LogP contribution is 2.22. The molecule has 1 atom stereocenters. The zero-order valence-corrected chi connectivity index (χ0v) is 15.9. The minimum absolute atomic E-state index is 0.156. The Balaban J connectivity index is 1.65. The van der Waals surface area contributed by atoms with Gasteiger partial charge in [-0.15, -0.1) is 0 Å². The number of carbonyl (C=O) groups excluding carboxylic acids is 2. The quantitative estimate of drug-likeness (QED) is 0.748. The third kappa shape index (κ3) is 4.50. The van der Waals surface area contributed by atoms with Gasteiger partial charge in [-0.2, -0.15) is 0 Å². The Labute approximate surface area is 158 Å². The van der Waals surface area contributed by atoms with Crippen LogP contribution in [0.4, 0.5) is 4.79 Å². The van der Waals surface area contributed by atoms with Gasteiger partial charge in [-0.3, -0.25) is 0 Å². The highest BCUT2D eigenvalue weighted by Gasteiger charge is 2.41. The van der Waals surface area contributed by atoms with E-state index in [1.54, 1.807) is 4.90 Å². The van der Waals surface area contributed by atoms with Gasteiger partial charge in [0.15, 0.2) is 0 Å². The predicted octanol–water partition coefficient (Wildman–Crippen LogP) is 1.65. The first-order valence-electron chi connectivity index (χ1n) is 8.92. The normalized spacial score (nSPS) is 21.3. The van der Waals surface area contributed by atoms with Gasteiger partial charge in [0, 0.05) is 13.1 Å². The second kappa shape index (κ2) is 7.85. The largest absolute Gasteiger partial charge is 0.467 e. The van der Waals surface area contributed by atoms with Gasteiger partial charge in [0.1, 0.15) is 19.3 Å². The first-order chi connectivity index (χ1) is 12.9. The van der Waals surface area contributed by atoms with Crippen LogP contribution in [0.3, 0.4) is 0 Å². The standard InChI is InChI=1S/C19H25N3O5/c1-19(2)13-27-17(20-19)22-10-9-21(11-15(22)16(23)25-3)18(24)26-12-14-7-5-4-6-8-14/h4-8,15H,9-13H2,1-3H3. The summed E-state index contributed by atoms with van der Waals surface area (Å²) in [5.74, 6) is -0.438. The van der Waals surface area contributed by atoms with Crippen molar-refractivity contribution in [2.75, 3.05) is 33.4 Å². The van der Waals surface area contributed by atoms with E-state index in [1.807, 2.05) is 44.2 Å². The molecular weight excluding hydrogens is 350 g/mol. The second-order valence-corrected chi connectivity index (χ2v) is 7.21. The van der Waals surface area contributed by atoms with E-state index in [-0.39, 0.29) is 18.7 Å². The Bertz CT molecular complexity index is 719. The van der Waals surface area contributed by atoms with E-state index in [0.29, 0.717) is 25.7 Å². The van der Waals surface area contributed by atoms with Crippen LogP contribution in [-0.2, 0) is 25.6 Å². The molecular formula is C19H25N3O5. The number of rotatable bonds is 3. The maximum atomic E-state index is 12.4. The van der Waals surface area contributed by atoms with Crippen LogP contribution in [-0.4, -0.2) is 72.8 Å². The predicted molar refractivity (Wildman–Crippen MR) is 98.2 cm³/mol. The van der Waals surface area contributed by atoms with Crippen molar-refractivity contribution < 1.29 is 23.8 Å². The molecule has 0 radical (unpaired) electrons. The number of amides is 1. The highest BCUT2D eigenvalue weighted by atomic mass is 16.6. The third-order valence-electron chi connectivity index (χ3n) is 4.52. The SMILES string of the molecule is COC(=O)C1CN(C(=O)OCc2ccccc2)CCN1C1=NC(C)(C)CO1. The molecule has 0 bridgehead atoms. The summed E-state index contributed by atoms with van der Waals surface area (Å²) in [4.78, 5) is 32.5. The summed E-state index contributed by atoms with van der Waals surface area (Å²) in [6.07, 6.45) is -0.456. The molecule has 1 amide bonds. The number of hydrogen-bond donors (Lipinski definition) is 0. The molecule has 0 N–H and O–H groups in total. The van der Waals surface area contributed by atoms with Crippen molar-refractivity contribution in [1.82, 2.24) is 9.80 Å². The number of aliphatic imine (C=N–C) groups is 1. The molecule has 1 unspecified atom stereocenters. The Hall–Kier alpha value is -2.77. The van der Waals surface area contributed by atoms with Gasteiger partial charge >= 0.3 is 12.1 Å². The summed E-state index contributed by atoms with van der Waals surface area (Å²) in [6, 6.07) is 9.20. The molecule has 8 heteroatoms. The molecule has 1 aromatic carbocycles. The molecule has 1 saturated heterocycles. The monoisotopic (exact) mass is 375 g/mol. The third-order valence-corrected chi connectivity index (χ3v) is 4.52. The molecule has 2 aliphatic heterocycles. The summed E-state index contributed by atoms with van der Waals surface area (Å²) in [7, 11) is 1.33. The van der Waals surface area contributed by atoms with Crippen LogP contribution in [0.2, 0.25) is 0 Å². The summed E-state index contributed by atoms with van der Waals surface area (Å²) < 4.78 is 16.0. The second-order valence-electron chi connectivity index (χ2n) is 7.21. The van der Waals surface area contributed by atoms with E-state index in [4.69, 9.17) is 14.2 Å².